The first-order valence-electron chi connectivity index (χ1n) is 4.81. The molecule has 0 unspecified atom stereocenters. The monoisotopic (exact) mass is 236 g/mol. The summed E-state index contributed by atoms with van der Waals surface area (Å²) in [4.78, 5) is 13.0. The van der Waals surface area contributed by atoms with Gasteiger partial charge in [-0.05, 0) is 0 Å². The molecule has 0 aromatic carbocycles. The van der Waals surface area contributed by atoms with Crippen LogP contribution in [0.25, 0.3) is 0 Å². The molecule has 0 bridgehead atoms. The summed E-state index contributed by atoms with van der Waals surface area (Å²) < 4.78 is 27.2. The summed E-state index contributed by atoms with van der Waals surface area (Å²) >= 11 is 0. The normalized spacial score (nSPS) is 20.2. The van der Waals surface area contributed by atoms with Crippen LogP contribution in [-0.2, 0) is 19.4 Å². The lowest BCUT2D eigenvalue weighted by atomic mass is 10.4. The van der Waals surface area contributed by atoms with E-state index in [0.29, 0.717) is 13.2 Å². The molecule has 1 rings (SSSR count). The van der Waals surface area contributed by atoms with Crippen LogP contribution in [0.5, 0.6) is 0 Å². The molecule has 6 nitrogen and oxygen atoms in total. The second-order valence-electron chi connectivity index (χ2n) is 3.37. The molecule has 1 amide bonds. The van der Waals surface area contributed by atoms with E-state index in [2.05, 4.69) is 0 Å². The molecule has 0 radical (unpaired) electrons. The number of hydrogen-bond donors (Lipinski definition) is 1. The van der Waals surface area contributed by atoms with E-state index in [1.165, 1.54) is 4.90 Å². The quantitative estimate of drug-likeness (QED) is 0.583. The van der Waals surface area contributed by atoms with Gasteiger partial charge < -0.3 is 15.4 Å². The van der Waals surface area contributed by atoms with Gasteiger partial charge in [0.2, 0.25) is 5.91 Å². The Morgan fingerprint density at radius 3 is 2.47 bits per heavy atom. The van der Waals surface area contributed by atoms with Crippen molar-refractivity contribution in [2.45, 2.75) is 0 Å². The Morgan fingerprint density at radius 2 is 1.93 bits per heavy atom. The van der Waals surface area contributed by atoms with Crippen molar-refractivity contribution in [2.75, 3.05) is 44.4 Å². The zero-order valence-electron chi connectivity index (χ0n) is 8.52. The molecule has 1 aliphatic heterocycles. The van der Waals surface area contributed by atoms with Crippen LogP contribution in [0.3, 0.4) is 0 Å². The third kappa shape index (κ3) is 4.15. The lowest BCUT2D eigenvalue weighted by Gasteiger charge is -2.26. The molecule has 2 N–H and O–H groups in total. The first-order valence-corrected chi connectivity index (χ1v) is 6.63. The van der Waals surface area contributed by atoms with Crippen LogP contribution in [0.1, 0.15) is 0 Å². The molecule has 0 aromatic rings. The molecule has 0 saturated carbocycles. The van der Waals surface area contributed by atoms with Crippen LogP contribution in [0, 0.1) is 0 Å². The van der Waals surface area contributed by atoms with Crippen molar-refractivity contribution in [3.05, 3.63) is 0 Å². The highest BCUT2D eigenvalue weighted by molar-refractivity contribution is 7.91. The van der Waals surface area contributed by atoms with Gasteiger partial charge in [0.25, 0.3) is 0 Å². The minimum Gasteiger partial charge on any atom is -0.370 e. The average Bonchev–Trinajstić information content (AvgIpc) is 2.18. The average molecular weight is 236 g/mol. The highest BCUT2D eigenvalue weighted by Gasteiger charge is 2.24. The van der Waals surface area contributed by atoms with Crippen molar-refractivity contribution in [1.29, 1.82) is 0 Å². The topological polar surface area (TPSA) is 89.7 Å². The number of nitrogens with two attached hydrogens (primary N) is 1. The number of sulfone groups is 1. The Balaban J connectivity index is 2.30. The number of ether oxygens (including phenoxy) is 1. The summed E-state index contributed by atoms with van der Waals surface area (Å²) in [7, 11) is -2.93. The fourth-order valence-electron chi connectivity index (χ4n) is 1.30. The third-order valence-corrected chi connectivity index (χ3v) is 3.79. The number of carbonyl (C=O) groups excluding carboxylic acids is 1. The van der Waals surface area contributed by atoms with Gasteiger partial charge in [0.1, 0.15) is 6.61 Å². The second-order valence-corrected chi connectivity index (χ2v) is 5.68. The molecule has 1 aliphatic rings. The Bertz CT molecular complexity index is 301. The summed E-state index contributed by atoms with van der Waals surface area (Å²) in [6.45, 7) is 1.25. The van der Waals surface area contributed by atoms with E-state index in [9.17, 15) is 13.2 Å². The zero-order chi connectivity index (χ0) is 11.3. The maximum Gasteiger partial charge on any atom is 0.248 e. The van der Waals surface area contributed by atoms with Crippen LogP contribution < -0.4 is 5.73 Å². The van der Waals surface area contributed by atoms with Gasteiger partial charge in [0, 0.05) is 19.6 Å². The highest BCUT2D eigenvalue weighted by Crippen LogP contribution is 2.03. The first kappa shape index (κ1) is 12.4. The Labute approximate surface area is 89.3 Å². The van der Waals surface area contributed by atoms with Crippen LogP contribution in [0.15, 0.2) is 0 Å². The smallest absolute Gasteiger partial charge is 0.248 e. The molecule has 0 aliphatic carbocycles. The molecule has 7 heteroatoms. The number of carbonyl (C=O) groups is 1. The third-order valence-electron chi connectivity index (χ3n) is 2.18. The van der Waals surface area contributed by atoms with Crippen molar-refractivity contribution < 1.29 is 17.9 Å². The molecule has 0 aromatic heterocycles. The predicted molar refractivity (Wildman–Crippen MR) is 55.1 cm³/mol. The van der Waals surface area contributed by atoms with E-state index in [0.717, 1.165) is 0 Å². The molecule has 1 fully saturated rings. The molecule has 0 atom stereocenters. The van der Waals surface area contributed by atoms with Crippen molar-refractivity contribution >= 4 is 15.7 Å². The minimum absolute atomic E-state index is 0.0166. The lowest BCUT2D eigenvalue weighted by molar-refractivity contribution is -0.135. The van der Waals surface area contributed by atoms with E-state index >= 15 is 0 Å². The van der Waals surface area contributed by atoms with E-state index in [-0.39, 0.29) is 37.1 Å². The van der Waals surface area contributed by atoms with E-state index < -0.39 is 9.84 Å². The zero-order valence-corrected chi connectivity index (χ0v) is 9.33. The maximum atomic E-state index is 11.4. The van der Waals surface area contributed by atoms with E-state index in [1.807, 2.05) is 0 Å². The Morgan fingerprint density at radius 1 is 1.33 bits per heavy atom. The van der Waals surface area contributed by atoms with Crippen molar-refractivity contribution in [2.24, 2.45) is 5.73 Å². The second kappa shape index (κ2) is 5.43. The number of hydrogen-bond acceptors (Lipinski definition) is 5. The first-order chi connectivity index (χ1) is 7.05. The maximum absolute atomic E-state index is 11.4. The SMILES string of the molecule is NCCOCC(=O)N1CCS(=O)(=O)CC1. The Kier molecular flexibility index (Phi) is 4.49. The van der Waals surface area contributed by atoms with Crippen molar-refractivity contribution in [3.8, 4) is 0 Å². The Hall–Kier alpha value is -0.660. The van der Waals surface area contributed by atoms with E-state index in [4.69, 9.17) is 10.5 Å². The van der Waals surface area contributed by atoms with Gasteiger partial charge in [-0.2, -0.15) is 0 Å². The molecule has 0 spiro atoms. The van der Waals surface area contributed by atoms with Crippen molar-refractivity contribution in [1.82, 2.24) is 4.90 Å². The molecular formula is C8H16N2O4S. The summed E-state index contributed by atoms with van der Waals surface area (Å²) in [5.74, 6) is -0.0658. The summed E-state index contributed by atoms with van der Waals surface area (Å²) in [5, 5.41) is 0. The molecular weight excluding hydrogens is 220 g/mol. The fourth-order valence-corrected chi connectivity index (χ4v) is 2.50. The number of amides is 1. The van der Waals surface area contributed by atoms with E-state index in [1.54, 1.807) is 0 Å². The van der Waals surface area contributed by atoms with Crippen LogP contribution in [0.2, 0.25) is 0 Å². The lowest BCUT2D eigenvalue weighted by Crippen LogP contribution is -2.45. The van der Waals surface area contributed by atoms with Gasteiger partial charge in [0.15, 0.2) is 9.84 Å². The standard InChI is InChI=1S/C8H16N2O4S/c9-1-4-14-7-8(11)10-2-5-15(12,13)6-3-10/h1-7,9H2. The fraction of sp³-hybridized carbons (Fsp3) is 0.875. The van der Waals surface area contributed by atoms with Gasteiger partial charge in [-0.3, -0.25) is 4.79 Å². The number of rotatable bonds is 4. The largest absolute Gasteiger partial charge is 0.370 e. The highest BCUT2D eigenvalue weighted by atomic mass is 32.2. The van der Waals surface area contributed by atoms with Crippen molar-refractivity contribution in [3.63, 3.8) is 0 Å². The van der Waals surface area contributed by atoms with Gasteiger partial charge in [-0.25, -0.2) is 8.42 Å². The van der Waals surface area contributed by atoms with Crippen LogP contribution in [0.4, 0.5) is 0 Å². The van der Waals surface area contributed by atoms with Gasteiger partial charge in [-0.1, -0.05) is 0 Å². The van der Waals surface area contributed by atoms with Gasteiger partial charge in [0.05, 0.1) is 18.1 Å². The molecule has 88 valence electrons. The predicted octanol–water partition coefficient (Wildman–Crippen LogP) is -1.78. The molecule has 1 saturated heterocycles. The summed E-state index contributed by atoms with van der Waals surface area (Å²) in [6.07, 6.45) is 0. The molecule has 15 heavy (non-hydrogen) atoms. The minimum atomic E-state index is -2.93. The van der Waals surface area contributed by atoms with Gasteiger partial charge >= 0.3 is 0 Å². The van der Waals surface area contributed by atoms with Crippen LogP contribution >= 0.6 is 0 Å². The number of nitrogens with zero attached hydrogens (tertiary/aromatic N) is 1. The molecule has 1 heterocycles. The summed E-state index contributed by atoms with van der Waals surface area (Å²) in [6, 6.07) is 0. The summed E-state index contributed by atoms with van der Waals surface area (Å²) in [5.41, 5.74) is 5.20. The van der Waals surface area contributed by atoms with Gasteiger partial charge in [-0.15, -0.1) is 0 Å². The van der Waals surface area contributed by atoms with Crippen LogP contribution in [-0.4, -0.2) is 63.6 Å².